The zero-order valence-corrected chi connectivity index (χ0v) is 14.3. The van der Waals surface area contributed by atoms with Crippen LogP contribution in [0.3, 0.4) is 0 Å². The van der Waals surface area contributed by atoms with Gasteiger partial charge in [-0.1, -0.05) is 20.3 Å². The molecule has 2 heteroatoms. The van der Waals surface area contributed by atoms with Crippen LogP contribution in [-0.4, -0.2) is 11.1 Å². The van der Waals surface area contributed by atoms with Crippen LogP contribution in [-0.2, 0) is 4.79 Å². The summed E-state index contributed by atoms with van der Waals surface area (Å²) in [6.07, 6.45) is 10.1. The Morgan fingerprint density at radius 2 is 1.68 bits per heavy atom. The summed E-state index contributed by atoms with van der Waals surface area (Å²) < 4.78 is 0. The summed E-state index contributed by atoms with van der Waals surface area (Å²) in [6, 6.07) is 0. The molecule has 2 nitrogen and oxygen atoms in total. The minimum absolute atomic E-state index is 0.288. The van der Waals surface area contributed by atoms with Gasteiger partial charge in [0.05, 0.1) is 5.41 Å². The van der Waals surface area contributed by atoms with Crippen LogP contribution in [0.25, 0.3) is 0 Å². The van der Waals surface area contributed by atoms with Gasteiger partial charge in [-0.3, -0.25) is 4.79 Å². The number of carboxylic acid groups (broad SMARTS) is 1. The van der Waals surface area contributed by atoms with Crippen molar-refractivity contribution in [2.45, 2.75) is 72.1 Å². The van der Waals surface area contributed by atoms with Gasteiger partial charge in [0.15, 0.2) is 0 Å². The number of hydrogen-bond donors (Lipinski definition) is 1. The second-order valence-electron chi connectivity index (χ2n) is 10.3. The van der Waals surface area contributed by atoms with Gasteiger partial charge < -0.3 is 5.11 Å². The number of hydrogen-bond acceptors (Lipinski definition) is 1. The van der Waals surface area contributed by atoms with Crippen LogP contribution in [0.5, 0.6) is 0 Å². The molecule has 0 amide bonds. The highest BCUT2D eigenvalue weighted by Crippen LogP contribution is 2.86. The second kappa shape index (κ2) is 3.59. The van der Waals surface area contributed by atoms with Crippen molar-refractivity contribution >= 4 is 5.97 Å². The van der Waals surface area contributed by atoms with E-state index in [4.69, 9.17) is 0 Å². The Morgan fingerprint density at radius 3 is 2.32 bits per heavy atom. The van der Waals surface area contributed by atoms with Gasteiger partial charge in [-0.25, -0.2) is 0 Å². The van der Waals surface area contributed by atoms with Gasteiger partial charge in [-0.2, -0.15) is 0 Å². The molecule has 6 aliphatic carbocycles. The Labute approximate surface area is 134 Å². The smallest absolute Gasteiger partial charge is 0.309 e. The van der Waals surface area contributed by atoms with Crippen LogP contribution in [0, 0.1) is 45.3 Å². The van der Waals surface area contributed by atoms with E-state index in [9.17, 15) is 9.90 Å². The molecule has 0 aliphatic heterocycles. The highest BCUT2D eigenvalue weighted by Gasteiger charge is 2.80. The predicted molar refractivity (Wildman–Crippen MR) is 85.3 cm³/mol. The average molecular weight is 302 g/mol. The molecule has 1 N–H and O–H groups in total. The first-order chi connectivity index (χ1) is 10.3. The molecular weight excluding hydrogens is 272 g/mol. The summed E-state index contributed by atoms with van der Waals surface area (Å²) in [7, 11) is 0. The third-order valence-electron chi connectivity index (χ3n) is 10.1. The third-order valence-corrected chi connectivity index (χ3v) is 10.1. The molecule has 6 fully saturated rings. The van der Waals surface area contributed by atoms with Gasteiger partial charge in [0, 0.05) is 0 Å². The van der Waals surface area contributed by atoms with Crippen molar-refractivity contribution in [1.82, 2.24) is 0 Å². The number of carboxylic acids is 1. The molecule has 0 aromatic carbocycles. The number of carbonyl (C=O) groups is 1. The molecule has 6 rings (SSSR count). The summed E-state index contributed by atoms with van der Waals surface area (Å²) in [5, 5.41) is 9.96. The lowest BCUT2D eigenvalue weighted by atomic mass is 9.37. The molecule has 122 valence electrons. The van der Waals surface area contributed by atoms with Crippen molar-refractivity contribution in [2.24, 2.45) is 45.3 Å². The molecule has 22 heavy (non-hydrogen) atoms. The van der Waals surface area contributed by atoms with Crippen LogP contribution in [0.2, 0.25) is 0 Å². The van der Waals surface area contributed by atoms with Crippen molar-refractivity contribution in [3.8, 4) is 0 Å². The number of aliphatic carboxylic acids is 1. The van der Waals surface area contributed by atoms with Crippen LogP contribution in [0.15, 0.2) is 0 Å². The van der Waals surface area contributed by atoms with Gasteiger partial charge in [0.25, 0.3) is 0 Å². The van der Waals surface area contributed by atoms with E-state index in [1.165, 1.54) is 32.1 Å². The Balaban J connectivity index is 1.60. The molecule has 0 saturated heterocycles. The van der Waals surface area contributed by atoms with Gasteiger partial charge in [0.2, 0.25) is 0 Å². The topological polar surface area (TPSA) is 37.3 Å². The maximum absolute atomic E-state index is 12.1. The fourth-order valence-electron chi connectivity index (χ4n) is 8.79. The molecule has 0 radical (unpaired) electrons. The third kappa shape index (κ3) is 1.20. The lowest BCUT2D eigenvalue weighted by Crippen LogP contribution is -2.62. The molecule has 0 aromatic heterocycles. The van der Waals surface area contributed by atoms with Crippen LogP contribution >= 0.6 is 0 Å². The molecule has 6 saturated carbocycles. The van der Waals surface area contributed by atoms with Crippen molar-refractivity contribution in [3.63, 3.8) is 0 Å². The standard InChI is InChI=1S/C20H30O2/c1-17(16(21)22)7-4-8-19(3)15(17)6-5-12-9-18(2)13-10-20(12,19)11-14(13)18/h12-15H,4-11H2,1-3H3,(H,21,22). The Bertz CT molecular complexity index is 554. The van der Waals surface area contributed by atoms with Gasteiger partial charge in [0.1, 0.15) is 0 Å². The summed E-state index contributed by atoms with van der Waals surface area (Å²) in [5.41, 5.74) is 0.997. The molecule has 0 aromatic rings. The van der Waals surface area contributed by atoms with E-state index in [0.717, 1.165) is 37.0 Å². The summed E-state index contributed by atoms with van der Waals surface area (Å²) in [6.45, 7) is 7.12. The minimum atomic E-state index is -0.526. The largest absolute Gasteiger partial charge is 0.481 e. The first-order valence-corrected chi connectivity index (χ1v) is 9.51. The summed E-state index contributed by atoms with van der Waals surface area (Å²) in [5.74, 6) is 2.74. The van der Waals surface area contributed by atoms with Crippen molar-refractivity contribution in [1.29, 1.82) is 0 Å². The van der Waals surface area contributed by atoms with Gasteiger partial charge in [-0.15, -0.1) is 0 Å². The van der Waals surface area contributed by atoms with E-state index in [-0.39, 0.29) is 5.41 Å². The van der Waals surface area contributed by atoms with E-state index in [2.05, 4.69) is 20.8 Å². The van der Waals surface area contributed by atoms with Crippen LogP contribution in [0.1, 0.15) is 72.1 Å². The molecule has 0 heterocycles. The Hall–Kier alpha value is -0.530. The van der Waals surface area contributed by atoms with Crippen molar-refractivity contribution in [3.05, 3.63) is 0 Å². The number of fused-ring (bicyclic) bond motifs is 1. The zero-order valence-electron chi connectivity index (χ0n) is 14.3. The normalized spacial score (nSPS) is 64.7. The first kappa shape index (κ1) is 13.9. The fraction of sp³-hybridized carbons (Fsp3) is 0.950. The maximum Gasteiger partial charge on any atom is 0.309 e. The highest BCUT2D eigenvalue weighted by molar-refractivity contribution is 5.75. The molecule has 6 atom stereocenters. The average Bonchev–Trinajstić information content (AvgIpc) is 2.83. The molecular formula is C20H30O2. The van der Waals surface area contributed by atoms with Crippen molar-refractivity contribution < 1.29 is 9.90 Å². The minimum Gasteiger partial charge on any atom is -0.481 e. The quantitative estimate of drug-likeness (QED) is 0.760. The lowest BCUT2D eigenvalue weighted by Gasteiger charge is -2.67. The van der Waals surface area contributed by atoms with E-state index in [1.807, 2.05) is 0 Å². The monoisotopic (exact) mass is 302 g/mol. The van der Waals surface area contributed by atoms with Crippen LogP contribution < -0.4 is 0 Å². The SMILES string of the molecule is CC1(C(=O)O)CCCC2(C)C1CCC1CC3(C)C4CC12CC43. The maximum atomic E-state index is 12.1. The summed E-state index contributed by atoms with van der Waals surface area (Å²) in [4.78, 5) is 12.1. The van der Waals surface area contributed by atoms with E-state index >= 15 is 0 Å². The van der Waals surface area contributed by atoms with E-state index in [1.54, 1.807) is 0 Å². The molecule has 4 bridgehead atoms. The van der Waals surface area contributed by atoms with Crippen LogP contribution in [0.4, 0.5) is 0 Å². The van der Waals surface area contributed by atoms with E-state index in [0.29, 0.717) is 16.7 Å². The second-order valence-corrected chi connectivity index (χ2v) is 10.3. The summed E-state index contributed by atoms with van der Waals surface area (Å²) >= 11 is 0. The van der Waals surface area contributed by atoms with Crippen molar-refractivity contribution in [2.75, 3.05) is 0 Å². The van der Waals surface area contributed by atoms with E-state index < -0.39 is 11.4 Å². The molecule has 6 unspecified atom stereocenters. The fourth-order valence-corrected chi connectivity index (χ4v) is 8.79. The van der Waals surface area contributed by atoms with Gasteiger partial charge >= 0.3 is 5.97 Å². The molecule has 6 aliphatic rings. The lowest BCUT2D eigenvalue weighted by molar-refractivity contribution is -0.203. The number of rotatable bonds is 1. The Kier molecular flexibility index (Phi) is 2.27. The van der Waals surface area contributed by atoms with Gasteiger partial charge in [-0.05, 0) is 91.8 Å². The predicted octanol–water partition coefficient (Wildman–Crippen LogP) is 4.73. The first-order valence-electron chi connectivity index (χ1n) is 9.51. The molecule has 1 spiro atoms. The Morgan fingerprint density at radius 1 is 1.00 bits per heavy atom. The highest BCUT2D eigenvalue weighted by atomic mass is 16.4. The zero-order chi connectivity index (χ0) is 15.5.